The molecule has 3 atom stereocenters. The summed E-state index contributed by atoms with van der Waals surface area (Å²) in [6.07, 6.45) is 8.65. The smallest absolute Gasteiger partial charge is 0.227 e. The van der Waals surface area contributed by atoms with Crippen molar-refractivity contribution in [1.82, 2.24) is 15.1 Å². The van der Waals surface area contributed by atoms with Gasteiger partial charge in [-0.1, -0.05) is 57.0 Å². The maximum atomic E-state index is 13.4. The van der Waals surface area contributed by atoms with Crippen LogP contribution in [0, 0.1) is 17.8 Å². The van der Waals surface area contributed by atoms with Crippen molar-refractivity contribution in [3.05, 3.63) is 42.0 Å². The Labute approximate surface area is 208 Å². The molecule has 0 bridgehead atoms. The molecule has 3 heterocycles. The number of likely N-dealkylation sites (tertiary alicyclic amines) is 1. The second-order valence-electron chi connectivity index (χ2n) is 10.7. The fourth-order valence-electron chi connectivity index (χ4n) is 6.02. The van der Waals surface area contributed by atoms with Crippen LogP contribution in [0.5, 0.6) is 0 Å². The van der Waals surface area contributed by atoms with Crippen molar-refractivity contribution in [3.8, 4) is 0 Å². The van der Waals surface area contributed by atoms with Crippen LogP contribution in [-0.2, 0) is 4.79 Å². The molecule has 0 spiro atoms. The number of aromatic nitrogens is 2. The first kappa shape index (κ1) is 23.7. The van der Waals surface area contributed by atoms with Gasteiger partial charge in [0, 0.05) is 31.1 Å². The summed E-state index contributed by atoms with van der Waals surface area (Å²) < 4.78 is 0. The van der Waals surface area contributed by atoms with Gasteiger partial charge in [-0.05, 0) is 73.3 Å². The third-order valence-electron chi connectivity index (χ3n) is 8.09. The molecule has 5 rings (SSSR count). The summed E-state index contributed by atoms with van der Waals surface area (Å²) in [5, 5.41) is 9.93. The molecule has 2 aromatic rings. The molecule has 1 amide bonds. The van der Waals surface area contributed by atoms with Gasteiger partial charge in [-0.3, -0.25) is 4.79 Å². The maximum Gasteiger partial charge on any atom is 0.227 e. The number of carbonyl (C=O) groups is 1. The predicted molar refractivity (Wildman–Crippen MR) is 138 cm³/mol. The van der Waals surface area contributed by atoms with Crippen molar-refractivity contribution in [2.24, 2.45) is 17.8 Å². The number of hydrogen-bond donors (Lipinski definition) is 0. The van der Waals surface area contributed by atoms with Crippen molar-refractivity contribution in [2.45, 2.75) is 74.6 Å². The zero-order chi connectivity index (χ0) is 23.5. The molecule has 34 heavy (non-hydrogen) atoms. The first-order chi connectivity index (χ1) is 16.6. The Hall–Kier alpha value is -2.08. The summed E-state index contributed by atoms with van der Waals surface area (Å²) in [7, 11) is 0. The molecule has 6 heteroatoms. The van der Waals surface area contributed by atoms with Crippen molar-refractivity contribution in [1.29, 1.82) is 0 Å². The van der Waals surface area contributed by atoms with Gasteiger partial charge >= 0.3 is 0 Å². The monoisotopic (exact) mass is 478 g/mol. The van der Waals surface area contributed by atoms with Crippen LogP contribution in [-0.4, -0.2) is 47.2 Å². The van der Waals surface area contributed by atoms with Crippen LogP contribution in [0.15, 0.2) is 46.3 Å². The van der Waals surface area contributed by atoms with Crippen LogP contribution in [0.3, 0.4) is 0 Å². The van der Waals surface area contributed by atoms with Crippen LogP contribution < -0.4 is 4.90 Å². The van der Waals surface area contributed by atoms with E-state index >= 15 is 0 Å². The lowest BCUT2D eigenvalue weighted by atomic mass is 9.75. The molecule has 2 aliphatic heterocycles. The minimum atomic E-state index is 0.0872. The highest BCUT2D eigenvalue weighted by Crippen LogP contribution is 2.37. The second-order valence-corrected chi connectivity index (χ2v) is 11.8. The standard InChI is InChI=1S/C28H38N4OS/c1-20(2)21-9-11-25(12-10-21)34-27-14-13-26(29-30-27)31-16-5-8-24(19-31)28(33)32-17-15-22-6-3-4-7-23(22)18-32/h9-14,20,22-24H,3-8,15-19H2,1-2H3. The Balaban J connectivity index is 1.18. The summed E-state index contributed by atoms with van der Waals surface area (Å²) in [5.41, 5.74) is 1.35. The third-order valence-corrected chi connectivity index (χ3v) is 9.03. The molecule has 0 N–H and O–H groups in total. The lowest BCUT2D eigenvalue weighted by Crippen LogP contribution is -2.50. The van der Waals surface area contributed by atoms with Crippen LogP contribution in [0.2, 0.25) is 0 Å². The highest BCUT2D eigenvalue weighted by molar-refractivity contribution is 7.99. The molecule has 3 unspecified atom stereocenters. The number of carbonyl (C=O) groups excluding carboxylic acids is 1. The molecular weight excluding hydrogens is 440 g/mol. The maximum absolute atomic E-state index is 13.4. The van der Waals surface area contributed by atoms with Gasteiger partial charge in [-0.2, -0.15) is 0 Å². The molecule has 1 aliphatic carbocycles. The van der Waals surface area contributed by atoms with Gasteiger partial charge in [0.25, 0.3) is 0 Å². The molecule has 1 aromatic heterocycles. The summed E-state index contributed by atoms with van der Waals surface area (Å²) in [6.45, 7) is 8.09. The second kappa shape index (κ2) is 10.7. The van der Waals surface area contributed by atoms with Gasteiger partial charge in [0.2, 0.25) is 5.91 Å². The zero-order valence-corrected chi connectivity index (χ0v) is 21.5. The number of fused-ring (bicyclic) bond motifs is 1. The number of hydrogen-bond acceptors (Lipinski definition) is 5. The Morgan fingerprint density at radius 1 is 0.882 bits per heavy atom. The van der Waals surface area contributed by atoms with Gasteiger partial charge in [0.1, 0.15) is 5.03 Å². The van der Waals surface area contributed by atoms with Crippen LogP contribution >= 0.6 is 11.8 Å². The largest absolute Gasteiger partial charge is 0.354 e. The molecule has 182 valence electrons. The van der Waals surface area contributed by atoms with E-state index < -0.39 is 0 Å². The summed E-state index contributed by atoms with van der Waals surface area (Å²) in [4.78, 5) is 19.0. The fourth-order valence-corrected chi connectivity index (χ4v) is 6.76. The third kappa shape index (κ3) is 5.42. The number of piperidine rings is 2. The van der Waals surface area contributed by atoms with E-state index in [-0.39, 0.29) is 5.92 Å². The van der Waals surface area contributed by atoms with Crippen molar-refractivity contribution in [2.75, 3.05) is 31.1 Å². The molecule has 3 fully saturated rings. The topological polar surface area (TPSA) is 49.3 Å². The molecular formula is C28H38N4OS. The minimum Gasteiger partial charge on any atom is -0.354 e. The number of rotatable bonds is 5. The van der Waals surface area contributed by atoms with Gasteiger partial charge < -0.3 is 9.80 Å². The molecule has 3 aliphatic rings. The summed E-state index contributed by atoms with van der Waals surface area (Å²) >= 11 is 1.64. The van der Waals surface area contributed by atoms with Crippen molar-refractivity contribution < 1.29 is 4.79 Å². The van der Waals surface area contributed by atoms with Crippen LogP contribution in [0.1, 0.15) is 70.3 Å². The van der Waals surface area contributed by atoms with E-state index in [1.54, 1.807) is 11.8 Å². The Kier molecular flexibility index (Phi) is 7.43. The van der Waals surface area contributed by atoms with E-state index in [2.05, 4.69) is 70.2 Å². The highest BCUT2D eigenvalue weighted by atomic mass is 32.2. The average Bonchev–Trinajstić information content (AvgIpc) is 2.89. The molecule has 1 aromatic carbocycles. The van der Waals surface area contributed by atoms with Crippen LogP contribution in [0.4, 0.5) is 5.82 Å². The number of anilines is 1. The van der Waals surface area contributed by atoms with Crippen molar-refractivity contribution >= 4 is 23.5 Å². The predicted octanol–water partition coefficient (Wildman–Crippen LogP) is 6.01. The fraction of sp³-hybridized carbons (Fsp3) is 0.607. The number of benzene rings is 1. The van der Waals surface area contributed by atoms with Crippen LogP contribution in [0.25, 0.3) is 0 Å². The van der Waals surface area contributed by atoms with E-state index in [1.807, 2.05) is 0 Å². The van der Waals surface area contributed by atoms with E-state index in [1.165, 1.54) is 42.6 Å². The summed E-state index contributed by atoms with van der Waals surface area (Å²) in [5.74, 6) is 3.49. The Morgan fingerprint density at radius 2 is 1.68 bits per heavy atom. The lowest BCUT2D eigenvalue weighted by molar-refractivity contribution is -0.139. The SMILES string of the molecule is CC(C)c1ccc(Sc2ccc(N3CCCC(C(=O)N4CCC5CCCCC5C4)C3)nn2)cc1. The van der Waals surface area contributed by atoms with Gasteiger partial charge in [0.15, 0.2) is 5.82 Å². The van der Waals surface area contributed by atoms with E-state index in [4.69, 9.17) is 0 Å². The Bertz CT molecular complexity index is 961. The zero-order valence-electron chi connectivity index (χ0n) is 20.7. The molecule has 5 nitrogen and oxygen atoms in total. The van der Waals surface area contributed by atoms with Gasteiger partial charge in [-0.25, -0.2) is 0 Å². The molecule has 0 radical (unpaired) electrons. The van der Waals surface area contributed by atoms with Gasteiger partial charge in [-0.15, -0.1) is 10.2 Å². The lowest BCUT2D eigenvalue weighted by Gasteiger charge is -2.43. The summed E-state index contributed by atoms with van der Waals surface area (Å²) in [6, 6.07) is 12.8. The highest BCUT2D eigenvalue weighted by Gasteiger charge is 2.36. The molecule has 2 saturated heterocycles. The van der Waals surface area contributed by atoms with E-state index in [0.717, 1.165) is 61.7 Å². The first-order valence-electron chi connectivity index (χ1n) is 13.2. The van der Waals surface area contributed by atoms with E-state index in [9.17, 15) is 4.79 Å². The normalized spacial score (nSPS) is 25.3. The van der Waals surface area contributed by atoms with Crippen molar-refractivity contribution in [3.63, 3.8) is 0 Å². The first-order valence-corrected chi connectivity index (χ1v) is 14.0. The Morgan fingerprint density at radius 3 is 2.41 bits per heavy atom. The van der Waals surface area contributed by atoms with E-state index in [0.29, 0.717) is 11.8 Å². The quantitative estimate of drug-likeness (QED) is 0.527. The number of amides is 1. The average molecular weight is 479 g/mol. The van der Waals surface area contributed by atoms with Gasteiger partial charge in [0.05, 0.1) is 5.92 Å². The molecule has 1 saturated carbocycles. The number of nitrogens with zero attached hydrogens (tertiary/aromatic N) is 4. The minimum absolute atomic E-state index is 0.0872.